The van der Waals surface area contributed by atoms with Gasteiger partial charge in [0.1, 0.15) is 16.5 Å². The van der Waals surface area contributed by atoms with Crippen LogP contribution in [0, 0.1) is 12.8 Å². The third-order valence-electron chi connectivity index (χ3n) is 6.05. The van der Waals surface area contributed by atoms with Gasteiger partial charge in [0.25, 0.3) is 0 Å². The van der Waals surface area contributed by atoms with Crippen molar-refractivity contribution < 1.29 is 9.53 Å². The Balaban J connectivity index is 1.45. The van der Waals surface area contributed by atoms with Crippen LogP contribution in [0.1, 0.15) is 35.5 Å². The average molecular weight is 387 g/mol. The van der Waals surface area contributed by atoms with Crippen molar-refractivity contribution in [3.05, 3.63) is 16.3 Å². The number of thiophene rings is 1. The zero-order chi connectivity index (χ0) is 18.4. The normalized spacial score (nSPS) is 23.1. The first-order chi connectivity index (χ1) is 13.2. The summed E-state index contributed by atoms with van der Waals surface area (Å²) in [6.45, 7) is 6.50. The number of hydrogen-bond donors (Lipinski definition) is 0. The number of piperidine rings is 1. The Labute approximate surface area is 163 Å². The van der Waals surface area contributed by atoms with Crippen LogP contribution in [-0.4, -0.2) is 60.2 Å². The van der Waals surface area contributed by atoms with Crippen molar-refractivity contribution >= 4 is 33.3 Å². The van der Waals surface area contributed by atoms with Gasteiger partial charge in [0.15, 0.2) is 0 Å². The number of anilines is 1. The number of nitrogens with zero attached hydrogens (tertiary/aromatic N) is 4. The van der Waals surface area contributed by atoms with Gasteiger partial charge in [-0.2, -0.15) is 0 Å². The summed E-state index contributed by atoms with van der Waals surface area (Å²) in [4.78, 5) is 29.5. The second-order valence-corrected chi connectivity index (χ2v) is 8.94. The van der Waals surface area contributed by atoms with E-state index in [-0.39, 0.29) is 5.92 Å². The van der Waals surface area contributed by atoms with E-state index in [9.17, 15) is 4.79 Å². The van der Waals surface area contributed by atoms with Gasteiger partial charge in [-0.3, -0.25) is 4.79 Å². The molecule has 27 heavy (non-hydrogen) atoms. The molecule has 1 amide bonds. The number of fused-ring (bicyclic) bond motifs is 3. The minimum absolute atomic E-state index is 0.0638. The van der Waals surface area contributed by atoms with Gasteiger partial charge < -0.3 is 14.5 Å². The quantitative estimate of drug-likeness (QED) is 0.794. The number of hydrogen-bond acceptors (Lipinski definition) is 6. The van der Waals surface area contributed by atoms with Gasteiger partial charge in [0.2, 0.25) is 5.91 Å². The number of carbonyl (C=O) groups excluding carboxylic acids is 1. The highest BCUT2D eigenvalue weighted by molar-refractivity contribution is 7.19. The van der Waals surface area contributed by atoms with Gasteiger partial charge in [0, 0.05) is 31.1 Å². The van der Waals surface area contributed by atoms with E-state index < -0.39 is 0 Å². The van der Waals surface area contributed by atoms with Crippen LogP contribution in [0.3, 0.4) is 0 Å². The zero-order valence-electron chi connectivity index (χ0n) is 15.9. The summed E-state index contributed by atoms with van der Waals surface area (Å²) in [6.07, 6.45) is 5.56. The Bertz CT molecular complexity index is 874. The van der Waals surface area contributed by atoms with E-state index in [1.165, 1.54) is 28.7 Å². The Hall–Kier alpha value is -1.73. The monoisotopic (exact) mass is 386 g/mol. The molecule has 0 N–H and O–H groups in total. The first kappa shape index (κ1) is 17.4. The Morgan fingerprint density at radius 2 is 2.00 bits per heavy atom. The fourth-order valence-corrected chi connectivity index (χ4v) is 6.02. The third kappa shape index (κ3) is 3.10. The number of ether oxygens (including phenoxy) is 1. The molecule has 2 aromatic heterocycles. The van der Waals surface area contributed by atoms with Crippen molar-refractivity contribution in [3.8, 4) is 0 Å². The first-order valence-corrected chi connectivity index (χ1v) is 10.9. The zero-order valence-corrected chi connectivity index (χ0v) is 16.7. The van der Waals surface area contributed by atoms with Crippen LogP contribution in [0.15, 0.2) is 0 Å². The molecule has 2 saturated heterocycles. The summed E-state index contributed by atoms with van der Waals surface area (Å²) in [5, 5.41) is 1.26. The predicted molar refractivity (Wildman–Crippen MR) is 107 cm³/mol. The highest BCUT2D eigenvalue weighted by atomic mass is 32.1. The Morgan fingerprint density at radius 3 is 2.85 bits per heavy atom. The van der Waals surface area contributed by atoms with Crippen LogP contribution in [0.5, 0.6) is 0 Å². The lowest BCUT2D eigenvalue weighted by Gasteiger charge is -2.37. The van der Waals surface area contributed by atoms with Gasteiger partial charge >= 0.3 is 0 Å². The molecule has 6 nitrogen and oxygen atoms in total. The third-order valence-corrected chi connectivity index (χ3v) is 7.24. The lowest BCUT2D eigenvalue weighted by molar-refractivity contribution is -0.139. The van der Waals surface area contributed by atoms with E-state index in [0.717, 1.165) is 61.9 Å². The molecule has 4 heterocycles. The van der Waals surface area contributed by atoms with Crippen molar-refractivity contribution in [2.75, 3.05) is 44.3 Å². The van der Waals surface area contributed by atoms with Crippen molar-refractivity contribution in [2.24, 2.45) is 5.92 Å². The molecule has 144 valence electrons. The fraction of sp³-hybridized carbons (Fsp3) is 0.650. The molecule has 2 aliphatic heterocycles. The molecule has 2 aromatic rings. The predicted octanol–water partition coefficient (Wildman–Crippen LogP) is 2.56. The van der Waals surface area contributed by atoms with Crippen molar-refractivity contribution in [1.82, 2.24) is 14.9 Å². The molecule has 0 radical (unpaired) electrons. The van der Waals surface area contributed by atoms with Gasteiger partial charge in [0.05, 0.1) is 24.5 Å². The van der Waals surface area contributed by atoms with Crippen LogP contribution in [0.4, 0.5) is 5.82 Å². The smallest absolute Gasteiger partial charge is 0.227 e. The van der Waals surface area contributed by atoms with Crippen LogP contribution >= 0.6 is 11.3 Å². The number of amides is 1. The number of morpholine rings is 1. The molecule has 0 aromatic carbocycles. The summed E-state index contributed by atoms with van der Waals surface area (Å²) in [6, 6.07) is 0. The molecule has 2 fully saturated rings. The second kappa shape index (κ2) is 7.02. The molecule has 0 spiro atoms. The van der Waals surface area contributed by atoms with E-state index in [4.69, 9.17) is 14.7 Å². The first-order valence-electron chi connectivity index (χ1n) is 10.1. The van der Waals surface area contributed by atoms with Crippen LogP contribution in [0.2, 0.25) is 0 Å². The second-order valence-electron chi connectivity index (χ2n) is 7.85. The van der Waals surface area contributed by atoms with Gasteiger partial charge in [-0.05, 0) is 44.6 Å². The summed E-state index contributed by atoms with van der Waals surface area (Å²) in [7, 11) is 0. The number of aromatic nitrogens is 2. The number of carbonyl (C=O) groups is 1. The van der Waals surface area contributed by atoms with E-state index >= 15 is 0 Å². The van der Waals surface area contributed by atoms with E-state index in [0.29, 0.717) is 19.1 Å². The van der Waals surface area contributed by atoms with Crippen molar-refractivity contribution in [2.45, 2.75) is 39.0 Å². The van der Waals surface area contributed by atoms with E-state index in [2.05, 4.69) is 4.90 Å². The lowest BCUT2D eigenvalue weighted by atomic mass is 9.96. The minimum Gasteiger partial charge on any atom is -0.378 e. The average Bonchev–Trinajstić information content (AvgIpc) is 3.28. The lowest BCUT2D eigenvalue weighted by Crippen LogP contribution is -2.48. The van der Waals surface area contributed by atoms with E-state index in [1.54, 1.807) is 0 Å². The standard InChI is InChI=1S/C20H26N4O2S/c1-13-21-18(17-15-5-2-6-16(15)27-19(17)22-13)24-7-3-4-14(12-24)20(25)23-8-10-26-11-9-23/h14H,2-12H2,1H3. The SMILES string of the molecule is Cc1nc(N2CCCC(C(=O)N3CCOCC3)C2)c2c3c(sc2n1)CCC3. The Morgan fingerprint density at radius 1 is 1.15 bits per heavy atom. The summed E-state index contributed by atoms with van der Waals surface area (Å²) >= 11 is 1.84. The van der Waals surface area contributed by atoms with Gasteiger partial charge in [-0.25, -0.2) is 9.97 Å². The Kier molecular flexibility index (Phi) is 4.52. The van der Waals surface area contributed by atoms with E-state index in [1.807, 2.05) is 23.2 Å². The summed E-state index contributed by atoms with van der Waals surface area (Å²) in [5.41, 5.74) is 1.46. The molecule has 0 bridgehead atoms. The molecule has 1 unspecified atom stereocenters. The van der Waals surface area contributed by atoms with Gasteiger partial charge in [-0.1, -0.05) is 0 Å². The molecular formula is C20H26N4O2S. The highest BCUT2D eigenvalue weighted by Gasteiger charge is 2.32. The fourth-order valence-electron chi connectivity index (χ4n) is 4.72. The van der Waals surface area contributed by atoms with Crippen molar-refractivity contribution in [1.29, 1.82) is 0 Å². The molecule has 3 aliphatic rings. The molecule has 7 heteroatoms. The molecule has 1 aliphatic carbocycles. The highest BCUT2D eigenvalue weighted by Crippen LogP contribution is 2.41. The maximum Gasteiger partial charge on any atom is 0.227 e. The summed E-state index contributed by atoms with van der Waals surface area (Å²) < 4.78 is 5.40. The van der Waals surface area contributed by atoms with Gasteiger partial charge in [-0.15, -0.1) is 11.3 Å². The molecular weight excluding hydrogens is 360 g/mol. The summed E-state index contributed by atoms with van der Waals surface area (Å²) in [5.74, 6) is 2.25. The number of aryl methyl sites for hydroxylation is 3. The molecule has 0 saturated carbocycles. The number of rotatable bonds is 2. The molecule has 1 atom stereocenters. The van der Waals surface area contributed by atoms with Crippen LogP contribution in [-0.2, 0) is 22.4 Å². The topological polar surface area (TPSA) is 58.6 Å². The maximum absolute atomic E-state index is 13.0. The van der Waals surface area contributed by atoms with Crippen LogP contribution < -0.4 is 4.90 Å². The van der Waals surface area contributed by atoms with Crippen molar-refractivity contribution in [3.63, 3.8) is 0 Å². The minimum atomic E-state index is 0.0638. The van der Waals surface area contributed by atoms with Crippen LogP contribution in [0.25, 0.3) is 10.2 Å². The maximum atomic E-state index is 13.0. The molecule has 5 rings (SSSR count). The largest absolute Gasteiger partial charge is 0.378 e.